The number of carbonyl (C=O) groups excluding carboxylic acids is 1. The Morgan fingerprint density at radius 3 is 2.05 bits per heavy atom. The lowest BCUT2D eigenvalue weighted by atomic mass is 10.1. The average molecular weight is 325 g/mol. The van der Waals surface area contributed by atoms with E-state index in [0.717, 1.165) is 18.4 Å². The van der Waals surface area contributed by atoms with Crippen LogP contribution < -0.4 is 0 Å². The van der Waals surface area contributed by atoms with Crippen molar-refractivity contribution < 1.29 is 9.53 Å². The molecule has 0 saturated heterocycles. The number of carbonyl (C=O) groups is 1. The standard InChI is InChI=1S/C19H29ClO2/c1-2-3-4-5-6-7-8-9-10-15-22-19(21)16-17-11-13-18(20)14-12-17/h11-14H,2-10,15-16H2,1H3. The molecule has 0 N–H and O–H groups in total. The molecule has 2 nitrogen and oxygen atoms in total. The number of unbranched alkanes of at least 4 members (excludes halogenated alkanes) is 8. The van der Waals surface area contributed by atoms with Gasteiger partial charge in [-0.15, -0.1) is 0 Å². The number of hydrogen-bond acceptors (Lipinski definition) is 2. The topological polar surface area (TPSA) is 26.3 Å². The molecule has 0 aliphatic rings. The second-order valence-electron chi connectivity index (χ2n) is 5.85. The highest BCUT2D eigenvalue weighted by atomic mass is 35.5. The third kappa shape index (κ3) is 9.83. The predicted molar refractivity (Wildman–Crippen MR) is 93.3 cm³/mol. The highest BCUT2D eigenvalue weighted by Crippen LogP contribution is 2.11. The maximum atomic E-state index is 11.7. The Morgan fingerprint density at radius 2 is 1.45 bits per heavy atom. The van der Waals surface area contributed by atoms with Crippen molar-refractivity contribution in [2.45, 2.75) is 71.1 Å². The maximum absolute atomic E-state index is 11.7. The number of hydrogen-bond donors (Lipinski definition) is 0. The molecule has 3 heteroatoms. The summed E-state index contributed by atoms with van der Waals surface area (Å²) in [4.78, 5) is 11.7. The van der Waals surface area contributed by atoms with Gasteiger partial charge in [0.1, 0.15) is 0 Å². The molecule has 22 heavy (non-hydrogen) atoms. The predicted octanol–water partition coefficient (Wildman–Crippen LogP) is 5.96. The highest BCUT2D eigenvalue weighted by Gasteiger charge is 2.04. The molecule has 0 unspecified atom stereocenters. The van der Waals surface area contributed by atoms with Gasteiger partial charge in [0, 0.05) is 5.02 Å². The zero-order valence-corrected chi connectivity index (χ0v) is 14.5. The summed E-state index contributed by atoms with van der Waals surface area (Å²) < 4.78 is 5.26. The molecule has 0 aliphatic heterocycles. The Labute approximate surface area is 140 Å². The van der Waals surface area contributed by atoms with Gasteiger partial charge in [-0.3, -0.25) is 4.79 Å². The number of halogens is 1. The molecule has 0 amide bonds. The van der Waals surface area contributed by atoms with E-state index in [4.69, 9.17) is 16.3 Å². The Bertz CT molecular complexity index is 400. The van der Waals surface area contributed by atoms with Crippen LogP contribution in [0.1, 0.15) is 70.3 Å². The maximum Gasteiger partial charge on any atom is 0.310 e. The molecule has 0 spiro atoms. The van der Waals surface area contributed by atoms with Crippen molar-refractivity contribution in [2.24, 2.45) is 0 Å². The lowest BCUT2D eigenvalue weighted by molar-refractivity contribution is -0.142. The average Bonchev–Trinajstić information content (AvgIpc) is 2.51. The molecule has 0 aromatic heterocycles. The van der Waals surface area contributed by atoms with Crippen molar-refractivity contribution >= 4 is 17.6 Å². The monoisotopic (exact) mass is 324 g/mol. The summed E-state index contributed by atoms with van der Waals surface area (Å²) >= 11 is 5.81. The molecule has 1 aromatic carbocycles. The molecule has 0 atom stereocenters. The molecule has 0 heterocycles. The molecule has 0 aliphatic carbocycles. The van der Waals surface area contributed by atoms with Crippen molar-refractivity contribution in [2.75, 3.05) is 6.61 Å². The Morgan fingerprint density at radius 1 is 0.909 bits per heavy atom. The van der Waals surface area contributed by atoms with Gasteiger partial charge in [-0.2, -0.15) is 0 Å². The van der Waals surface area contributed by atoms with Crippen LogP contribution in [-0.2, 0) is 16.0 Å². The van der Waals surface area contributed by atoms with Gasteiger partial charge in [0.2, 0.25) is 0 Å². The molecular weight excluding hydrogens is 296 g/mol. The molecule has 0 fully saturated rings. The van der Waals surface area contributed by atoms with Crippen molar-refractivity contribution in [3.05, 3.63) is 34.9 Å². The van der Waals surface area contributed by atoms with E-state index in [2.05, 4.69) is 6.92 Å². The van der Waals surface area contributed by atoms with Crippen LogP contribution >= 0.6 is 11.6 Å². The third-order valence-corrected chi connectivity index (χ3v) is 4.02. The SMILES string of the molecule is CCCCCCCCCCCOC(=O)Cc1ccc(Cl)cc1. The van der Waals surface area contributed by atoms with Crippen LogP contribution in [0.3, 0.4) is 0 Å². The minimum atomic E-state index is -0.151. The number of esters is 1. The zero-order chi connectivity index (χ0) is 16.0. The number of benzene rings is 1. The van der Waals surface area contributed by atoms with Crippen LogP contribution in [0.15, 0.2) is 24.3 Å². The minimum absolute atomic E-state index is 0.151. The first kappa shape index (κ1) is 19.0. The molecule has 0 bridgehead atoms. The van der Waals surface area contributed by atoms with E-state index in [1.54, 1.807) is 12.1 Å². The van der Waals surface area contributed by atoms with Gasteiger partial charge in [0.15, 0.2) is 0 Å². The van der Waals surface area contributed by atoms with Crippen LogP contribution in [0.25, 0.3) is 0 Å². The van der Waals surface area contributed by atoms with E-state index in [-0.39, 0.29) is 5.97 Å². The normalized spacial score (nSPS) is 10.6. The summed E-state index contributed by atoms with van der Waals surface area (Å²) in [5.74, 6) is -0.151. The number of rotatable bonds is 12. The van der Waals surface area contributed by atoms with Gasteiger partial charge >= 0.3 is 5.97 Å². The molecule has 1 rings (SSSR count). The van der Waals surface area contributed by atoms with Crippen molar-refractivity contribution in [3.63, 3.8) is 0 Å². The van der Waals surface area contributed by atoms with Gasteiger partial charge < -0.3 is 4.74 Å². The van der Waals surface area contributed by atoms with E-state index in [9.17, 15) is 4.79 Å². The van der Waals surface area contributed by atoms with Crippen LogP contribution in [0, 0.1) is 0 Å². The smallest absolute Gasteiger partial charge is 0.310 e. The fourth-order valence-corrected chi connectivity index (χ4v) is 2.54. The zero-order valence-electron chi connectivity index (χ0n) is 13.8. The van der Waals surface area contributed by atoms with Crippen molar-refractivity contribution in [1.29, 1.82) is 0 Å². The van der Waals surface area contributed by atoms with E-state index in [1.807, 2.05) is 12.1 Å². The minimum Gasteiger partial charge on any atom is -0.465 e. The van der Waals surface area contributed by atoms with Gasteiger partial charge in [-0.1, -0.05) is 82.0 Å². The molecule has 1 aromatic rings. The molecule has 124 valence electrons. The summed E-state index contributed by atoms with van der Waals surface area (Å²) in [5, 5.41) is 0.687. The summed E-state index contributed by atoms with van der Waals surface area (Å²) in [7, 11) is 0. The fraction of sp³-hybridized carbons (Fsp3) is 0.632. The van der Waals surface area contributed by atoms with E-state index >= 15 is 0 Å². The van der Waals surface area contributed by atoms with Crippen molar-refractivity contribution in [1.82, 2.24) is 0 Å². The van der Waals surface area contributed by atoms with E-state index in [0.29, 0.717) is 18.1 Å². The largest absolute Gasteiger partial charge is 0.465 e. The van der Waals surface area contributed by atoms with Gasteiger partial charge in [0.05, 0.1) is 13.0 Å². The molecule has 0 radical (unpaired) electrons. The fourth-order valence-electron chi connectivity index (χ4n) is 2.42. The van der Waals surface area contributed by atoms with Crippen LogP contribution in [0.4, 0.5) is 0 Å². The van der Waals surface area contributed by atoms with E-state index in [1.165, 1.54) is 44.9 Å². The summed E-state index contributed by atoms with van der Waals surface area (Å²) in [5.41, 5.74) is 0.946. The Balaban J connectivity index is 1.93. The summed E-state index contributed by atoms with van der Waals surface area (Å²) in [6, 6.07) is 7.32. The summed E-state index contributed by atoms with van der Waals surface area (Å²) in [6.07, 6.45) is 11.8. The first-order valence-corrected chi connectivity index (χ1v) is 9.00. The highest BCUT2D eigenvalue weighted by molar-refractivity contribution is 6.30. The Hall–Kier alpha value is -1.02. The second-order valence-corrected chi connectivity index (χ2v) is 6.29. The summed E-state index contributed by atoms with van der Waals surface area (Å²) in [6.45, 7) is 2.79. The quantitative estimate of drug-likeness (QED) is 0.350. The third-order valence-electron chi connectivity index (χ3n) is 3.77. The van der Waals surface area contributed by atoms with Gasteiger partial charge in [-0.25, -0.2) is 0 Å². The lowest BCUT2D eigenvalue weighted by Crippen LogP contribution is -2.09. The van der Waals surface area contributed by atoms with Gasteiger partial charge in [-0.05, 0) is 24.1 Å². The Kier molecular flexibility index (Phi) is 10.8. The van der Waals surface area contributed by atoms with Crippen LogP contribution in [0.5, 0.6) is 0 Å². The number of ether oxygens (including phenoxy) is 1. The van der Waals surface area contributed by atoms with E-state index < -0.39 is 0 Å². The first-order chi connectivity index (χ1) is 10.7. The van der Waals surface area contributed by atoms with Gasteiger partial charge in [0.25, 0.3) is 0 Å². The molecular formula is C19H29ClO2. The lowest BCUT2D eigenvalue weighted by Gasteiger charge is -2.05. The van der Waals surface area contributed by atoms with Crippen molar-refractivity contribution in [3.8, 4) is 0 Å². The first-order valence-electron chi connectivity index (χ1n) is 8.62. The molecule has 0 saturated carbocycles. The van der Waals surface area contributed by atoms with Crippen LogP contribution in [0.2, 0.25) is 5.02 Å². The van der Waals surface area contributed by atoms with Crippen LogP contribution in [-0.4, -0.2) is 12.6 Å². The second kappa shape index (κ2) is 12.5.